The molecule has 0 radical (unpaired) electrons. The van der Waals surface area contributed by atoms with Crippen LogP contribution >= 0.6 is 0 Å². The SMILES string of the molecule is O=[N+]([O-])c1cccc2c1nnn2[C@H]1O[C@@H](CO)[C@@H](O)[C@H]1O. The van der Waals surface area contributed by atoms with E-state index >= 15 is 0 Å². The lowest BCUT2D eigenvalue weighted by molar-refractivity contribution is -0.383. The van der Waals surface area contributed by atoms with E-state index in [0.717, 1.165) is 4.68 Å². The molecule has 3 rings (SSSR count). The summed E-state index contributed by atoms with van der Waals surface area (Å²) < 4.78 is 6.49. The number of benzene rings is 1. The normalized spacial score (nSPS) is 29.1. The third-order valence-corrected chi connectivity index (χ3v) is 3.44. The van der Waals surface area contributed by atoms with Crippen LogP contribution in [0.5, 0.6) is 0 Å². The number of nitro benzene ring substituents is 1. The van der Waals surface area contributed by atoms with Crippen LogP contribution in [0.15, 0.2) is 18.2 Å². The third kappa shape index (κ3) is 2.05. The summed E-state index contributed by atoms with van der Waals surface area (Å²) >= 11 is 0. The van der Waals surface area contributed by atoms with E-state index in [-0.39, 0.29) is 11.2 Å². The van der Waals surface area contributed by atoms with Crippen molar-refractivity contribution in [2.24, 2.45) is 0 Å². The molecule has 1 fully saturated rings. The minimum Gasteiger partial charge on any atom is -0.394 e. The second kappa shape index (κ2) is 5.00. The molecule has 0 saturated carbocycles. The average molecular weight is 296 g/mol. The third-order valence-electron chi connectivity index (χ3n) is 3.44. The molecule has 1 aromatic heterocycles. The largest absolute Gasteiger partial charge is 0.394 e. The molecule has 3 N–H and O–H groups in total. The molecule has 10 heteroatoms. The van der Waals surface area contributed by atoms with Gasteiger partial charge in [-0.3, -0.25) is 10.1 Å². The number of ether oxygens (including phenoxy) is 1. The van der Waals surface area contributed by atoms with Crippen molar-refractivity contribution in [1.82, 2.24) is 15.0 Å². The highest BCUT2D eigenvalue weighted by Gasteiger charge is 2.44. The predicted octanol–water partition coefficient (Wildman–Crippen LogP) is -1.05. The van der Waals surface area contributed by atoms with Gasteiger partial charge in [-0.25, -0.2) is 4.68 Å². The maximum Gasteiger partial charge on any atom is 0.299 e. The zero-order valence-corrected chi connectivity index (χ0v) is 10.6. The number of nitro groups is 1. The van der Waals surface area contributed by atoms with Gasteiger partial charge in [0.2, 0.25) is 0 Å². The Bertz CT molecular complexity index is 688. The Balaban J connectivity index is 2.06. The lowest BCUT2D eigenvalue weighted by atomic mass is 10.1. The molecule has 2 heterocycles. The van der Waals surface area contributed by atoms with E-state index in [1.165, 1.54) is 18.2 Å². The summed E-state index contributed by atoms with van der Waals surface area (Å²) in [6.45, 7) is -0.471. The number of aromatic nitrogens is 3. The van der Waals surface area contributed by atoms with Crippen molar-refractivity contribution in [2.75, 3.05) is 6.61 Å². The number of rotatable bonds is 3. The van der Waals surface area contributed by atoms with E-state index in [4.69, 9.17) is 9.84 Å². The molecule has 0 aliphatic carbocycles. The van der Waals surface area contributed by atoms with Crippen molar-refractivity contribution >= 4 is 16.7 Å². The molecule has 1 aliphatic rings. The first kappa shape index (κ1) is 13.8. The zero-order valence-electron chi connectivity index (χ0n) is 10.6. The lowest BCUT2D eigenvalue weighted by Crippen LogP contribution is -2.33. The van der Waals surface area contributed by atoms with Gasteiger partial charge in [-0.15, -0.1) is 5.10 Å². The first-order valence-corrected chi connectivity index (χ1v) is 6.15. The van der Waals surface area contributed by atoms with Gasteiger partial charge in [0.05, 0.1) is 17.0 Å². The van der Waals surface area contributed by atoms with E-state index in [1.807, 2.05) is 0 Å². The molecule has 0 amide bonds. The van der Waals surface area contributed by atoms with Gasteiger partial charge in [-0.1, -0.05) is 11.3 Å². The summed E-state index contributed by atoms with van der Waals surface area (Å²) in [5.74, 6) is 0. The summed E-state index contributed by atoms with van der Waals surface area (Å²) in [4.78, 5) is 10.4. The number of aliphatic hydroxyl groups excluding tert-OH is 3. The van der Waals surface area contributed by atoms with Crippen molar-refractivity contribution in [3.8, 4) is 0 Å². The van der Waals surface area contributed by atoms with Gasteiger partial charge < -0.3 is 20.1 Å². The summed E-state index contributed by atoms with van der Waals surface area (Å²) in [7, 11) is 0. The Kier molecular flexibility index (Phi) is 3.29. The number of fused-ring (bicyclic) bond motifs is 1. The zero-order chi connectivity index (χ0) is 15.1. The van der Waals surface area contributed by atoms with Crippen LogP contribution in [-0.2, 0) is 4.74 Å². The fourth-order valence-corrected chi connectivity index (χ4v) is 2.37. The molecule has 0 unspecified atom stereocenters. The van der Waals surface area contributed by atoms with Crippen LogP contribution in [0.4, 0.5) is 5.69 Å². The smallest absolute Gasteiger partial charge is 0.299 e. The minimum atomic E-state index is -1.33. The molecule has 1 aliphatic heterocycles. The first-order chi connectivity index (χ1) is 10.0. The van der Waals surface area contributed by atoms with Crippen LogP contribution in [0.1, 0.15) is 6.23 Å². The van der Waals surface area contributed by atoms with Crippen molar-refractivity contribution in [2.45, 2.75) is 24.5 Å². The Morgan fingerprint density at radius 2 is 2.14 bits per heavy atom. The summed E-state index contributed by atoms with van der Waals surface area (Å²) in [6.07, 6.45) is -4.64. The number of hydrogen-bond acceptors (Lipinski definition) is 8. The second-order valence-electron chi connectivity index (χ2n) is 4.66. The highest BCUT2D eigenvalue weighted by Crippen LogP contribution is 2.32. The van der Waals surface area contributed by atoms with E-state index in [1.54, 1.807) is 0 Å². The standard InChI is InChI=1S/C11H12N4O6/c16-4-7-9(17)10(18)11(21-7)14-5-2-1-3-6(15(19)20)8(5)12-13-14/h1-3,7,9-11,16-18H,4H2/t7-,9+,10+,11-/m0/s1. The van der Waals surface area contributed by atoms with Gasteiger partial charge >= 0.3 is 0 Å². The number of hydrogen-bond donors (Lipinski definition) is 3. The van der Waals surface area contributed by atoms with Crippen LogP contribution < -0.4 is 0 Å². The summed E-state index contributed by atoms with van der Waals surface area (Å²) in [5, 5.41) is 47.2. The molecule has 0 bridgehead atoms. The van der Waals surface area contributed by atoms with Crippen molar-refractivity contribution in [3.05, 3.63) is 28.3 Å². The number of non-ortho nitro benzene ring substituents is 1. The van der Waals surface area contributed by atoms with E-state index in [0.29, 0.717) is 5.52 Å². The quantitative estimate of drug-likeness (QED) is 0.481. The minimum absolute atomic E-state index is 0.0558. The van der Waals surface area contributed by atoms with Gasteiger partial charge in [0.1, 0.15) is 18.3 Å². The molecule has 4 atom stereocenters. The molecule has 21 heavy (non-hydrogen) atoms. The maximum atomic E-state index is 10.9. The van der Waals surface area contributed by atoms with Gasteiger partial charge in [0.15, 0.2) is 11.7 Å². The first-order valence-electron chi connectivity index (χ1n) is 6.15. The van der Waals surface area contributed by atoms with Crippen LogP contribution in [0.2, 0.25) is 0 Å². The molecule has 112 valence electrons. The Labute approximate surface area is 117 Å². The Morgan fingerprint density at radius 3 is 2.76 bits per heavy atom. The van der Waals surface area contributed by atoms with Crippen LogP contribution in [0, 0.1) is 10.1 Å². The van der Waals surface area contributed by atoms with Gasteiger partial charge in [-0.05, 0) is 6.07 Å². The monoisotopic (exact) mass is 296 g/mol. The molecule has 10 nitrogen and oxygen atoms in total. The van der Waals surface area contributed by atoms with Gasteiger partial charge in [0.25, 0.3) is 5.69 Å². The molecule has 0 spiro atoms. The second-order valence-corrected chi connectivity index (χ2v) is 4.66. The molecule has 1 saturated heterocycles. The highest BCUT2D eigenvalue weighted by atomic mass is 16.6. The fourth-order valence-electron chi connectivity index (χ4n) is 2.37. The highest BCUT2D eigenvalue weighted by molar-refractivity contribution is 5.83. The predicted molar refractivity (Wildman–Crippen MR) is 67.2 cm³/mol. The van der Waals surface area contributed by atoms with E-state index in [9.17, 15) is 20.3 Å². The molecular formula is C11H12N4O6. The number of aliphatic hydroxyl groups is 3. The maximum absolute atomic E-state index is 10.9. The molecule has 1 aromatic carbocycles. The van der Waals surface area contributed by atoms with Crippen LogP contribution in [-0.4, -0.2) is 60.2 Å². The van der Waals surface area contributed by atoms with E-state index in [2.05, 4.69) is 10.3 Å². The Morgan fingerprint density at radius 1 is 1.38 bits per heavy atom. The molecular weight excluding hydrogens is 284 g/mol. The lowest BCUT2D eigenvalue weighted by Gasteiger charge is -2.14. The fraction of sp³-hybridized carbons (Fsp3) is 0.455. The Hall–Kier alpha value is -2.14. The van der Waals surface area contributed by atoms with Crippen LogP contribution in [0.3, 0.4) is 0 Å². The van der Waals surface area contributed by atoms with Crippen molar-refractivity contribution < 1.29 is 25.0 Å². The number of nitrogens with zero attached hydrogens (tertiary/aromatic N) is 4. The topological polar surface area (TPSA) is 144 Å². The van der Waals surface area contributed by atoms with Gasteiger partial charge in [-0.2, -0.15) is 0 Å². The average Bonchev–Trinajstić information content (AvgIpc) is 3.01. The van der Waals surface area contributed by atoms with Gasteiger partial charge in [0, 0.05) is 6.07 Å². The molecule has 2 aromatic rings. The van der Waals surface area contributed by atoms with Crippen LogP contribution in [0.25, 0.3) is 11.0 Å². The van der Waals surface area contributed by atoms with E-state index < -0.39 is 36.1 Å². The summed E-state index contributed by atoms with van der Waals surface area (Å²) in [6, 6.07) is 4.29. The summed E-state index contributed by atoms with van der Waals surface area (Å²) in [5.41, 5.74) is 0.129. The van der Waals surface area contributed by atoms with Crippen molar-refractivity contribution in [3.63, 3.8) is 0 Å². The van der Waals surface area contributed by atoms with Crippen molar-refractivity contribution in [1.29, 1.82) is 0 Å².